The number of alkyl halides is 1. The maximum absolute atomic E-state index is 13.5. The Bertz CT molecular complexity index is 1060. The van der Waals surface area contributed by atoms with Crippen LogP contribution >= 0.6 is 11.6 Å². The van der Waals surface area contributed by atoms with E-state index in [1.807, 2.05) is 30.3 Å². The summed E-state index contributed by atoms with van der Waals surface area (Å²) in [6.07, 6.45) is 2.01. The molecule has 0 aliphatic rings. The van der Waals surface area contributed by atoms with E-state index in [1.54, 1.807) is 36.4 Å². The molecule has 0 N–H and O–H groups in total. The molecule has 0 saturated carbocycles. The summed E-state index contributed by atoms with van der Waals surface area (Å²) in [7, 11) is -3.84. The van der Waals surface area contributed by atoms with Gasteiger partial charge < -0.3 is 4.74 Å². The van der Waals surface area contributed by atoms with Gasteiger partial charge in [-0.1, -0.05) is 48.0 Å². The minimum atomic E-state index is -3.84. The van der Waals surface area contributed by atoms with Gasteiger partial charge in [-0.2, -0.15) is 0 Å². The summed E-state index contributed by atoms with van der Waals surface area (Å²) in [6.45, 7) is 0.229. The Labute approximate surface area is 188 Å². The zero-order valence-electron chi connectivity index (χ0n) is 17.1. The largest absolute Gasteiger partial charge is 0.493 e. The molecule has 0 aliphatic carbocycles. The van der Waals surface area contributed by atoms with Crippen molar-refractivity contribution in [2.24, 2.45) is 0 Å². The lowest BCUT2D eigenvalue weighted by Crippen LogP contribution is -2.30. The molecule has 0 saturated heterocycles. The van der Waals surface area contributed by atoms with E-state index in [9.17, 15) is 12.8 Å². The molecule has 4 nitrogen and oxygen atoms in total. The number of halogens is 2. The molecular weight excluding hydrogens is 437 g/mol. The second-order valence-electron chi connectivity index (χ2n) is 7.01. The van der Waals surface area contributed by atoms with Crippen molar-refractivity contribution < 1.29 is 17.5 Å². The van der Waals surface area contributed by atoms with Crippen molar-refractivity contribution in [2.45, 2.75) is 30.7 Å². The molecule has 7 heteroatoms. The molecule has 0 radical (unpaired) electrons. The van der Waals surface area contributed by atoms with Crippen LogP contribution in [0.15, 0.2) is 83.8 Å². The summed E-state index contributed by atoms with van der Waals surface area (Å²) in [5.74, 6) is 0.620. The maximum atomic E-state index is 13.5. The van der Waals surface area contributed by atoms with E-state index < -0.39 is 10.0 Å². The van der Waals surface area contributed by atoms with Gasteiger partial charge >= 0.3 is 0 Å². The number of sulfonamides is 1. The number of rotatable bonds is 11. The first-order chi connectivity index (χ1) is 15.0. The van der Waals surface area contributed by atoms with E-state index >= 15 is 0 Å². The molecule has 164 valence electrons. The fraction of sp³-hybridized carbons (Fsp3) is 0.250. The maximum Gasteiger partial charge on any atom is 0.264 e. The van der Waals surface area contributed by atoms with E-state index in [0.29, 0.717) is 29.5 Å². The summed E-state index contributed by atoms with van der Waals surface area (Å²) >= 11 is 5.94. The molecular formula is C24H25ClFNO3S. The quantitative estimate of drug-likeness (QED) is 0.317. The van der Waals surface area contributed by atoms with E-state index in [0.717, 1.165) is 18.4 Å². The average molecular weight is 462 g/mol. The third kappa shape index (κ3) is 6.21. The highest BCUT2D eigenvalue weighted by molar-refractivity contribution is 7.92. The summed E-state index contributed by atoms with van der Waals surface area (Å²) < 4.78 is 46.5. The molecule has 3 aromatic rings. The van der Waals surface area contributed by atoms with E-state index in [1.165, 1.54) is 16.4 Å². The standard InChI is InChI=1S/C24H25ClFNO3S/c25-21-13-15-23(16-14-21)31(28,29)27(22-10-3-1-4-11-22)19-20-9-5-6-12-24(20)30-18-8-2-7-17-26/h1,3-6,9-16H,2,7-8,17-19H2. The Hall–Kier alpha value is -2.57. The minimum Gasteiger partial charge on any atom is -0.493 e. The summed E-state index contributed by atoms with van der Waals surface area (Å²) in [6, 6.07) is 22.4. The van der Waals surface area contributed by atoms with Crippen LogP contribution < -0.4 is 9.04 Å². The number of nitrogens with zero attached hydrogens (tertiary/aromatic N) is 1. The van der Waals surface area contributed by atoms with Crippen molar-refractivity contribution in [3.05, 3.63) is 89.4 Å². The first kappa shape index (κ1) is 23.1. The van der Waals surface area contributed by atoms with Gasteiger partial charge in [0.2, 0.25) is 0 Å². The minimum absolute atomic E-state index is 0.107. The molecule has 3 aromatic carbocycles. The van der Waals surface area contributed by atoms with Crippen LogP contribution in [0.5, 0.6) is 5.75 Å². The highest BCUT2D eigenvalue weighted by atomic mass is 35.5. The summed E-state index contributed by atoms with van der Waals surface area (Å²) in [5, 5.41) is 0.469. The molecule has 0 aromatic heterocycles. The summed E-state index contributed by atoms with van der Waals surface area (Å²) in [5.41, 5.74) is 1.30. The average Bonchev–Trinajstić information content (AvgIpc) is 2.79. The lowest BCUT2D eigenvalue weighted by Gasteiger charge is -2.25. The van der Waals surface area contributed by atoms with Crippen LogP contribution in [0.1, 0.15) is 24.8 Å². The Morgan fingerprint density at radius 2 is 1.52 bits per heavy atom. The second kappa shape index (κ2) is 11.2. The number of para-hydroxylation sites is 2. The van der Waals surface area contributed by atoms with Gasteiger partial charge in [-0.25, -0.2) is 8.42 Å². The van der Waals surface area contributed by atoms with Crippen molar-refractivity contribution in [2.75, 3.05) is 17.6 Å². The second-order valence-corrected chi connectivity index (χ2v) is 9.31. The van der Waals surface area contributed by atoms with Crippen molar-refractivity contribution in [3.63, 3.8) is 0 Å². The van der Waals surface area contributed by atoms with Crippen molar-refractivity contribution in [1.82, 2.24) is 0 Å². The molecule has 0 heterocycles. The van der Waals surface area contributed by atoms with Crippen molar-refractivity contribution in [1.29, 1.82) is 0 Å². The molecule has 31 heavy (non-hydrogen) atoms. The predicted octanol–water partition coefficient (Wildman–Crippen LogP) is 6.25. The monoisotopic (exact) mass is 461 g/mol. The van der Waals surface area contributed by atoms with Crippen molar-refractivity contribution >= 4 is 27.3 Å². The predicted molar refractivity (Wildman–Crippen MR) is 123 cm³/mol. The fourth-order valence-electron chi connectivity index (χ4n) is 3.13. The molecule has 0 bridgehead atoms. The van der Waals surface area contributed by atoms with Gasteiger partial charge in [-0.05, 0) is 61.7 Å². The number of ether oxygens (including phenoxy) is 1. The Balaban J connectivity index is 1.90. The van der Waals surface area contributed by atoms with Crippen LogP contribution in [0.4, 0.5) is 10.1 Å². The normalized spacial score (nSPS) is 11.3. The van der Waals surface area contributed by atoms with Gasteiger partial charge in [0.05, 0.1) is 30.4 Å². The highest BCUT2D eigenvalue weighted by Gasteiger charge is 2.26. The Morgan fingerprint density at radius 3 is 2.23 bits per heavy atom. The van der Waals surface area contributed by atoms with Crippen LogP contribution in [0.2, 0.25) is 5.02 Å². The summed E-state index contributed by atoms with van der Waals surface area (Å²) in [4.78, 5) is 0.158. The van der Waals surface area contributed by atoms with E-state index in [-0.39, 0.29) is 18.1 Å². The molecule has 3 rings (SSSR count). The van der Waals surface area contributed by atoms with Crippen LogP contribution in [0.3, 0.4) is 0 Å². The molecule has 0 fully saturated rings. The van der Waals surface area contributed by atoms with E-state index in [4.69, 9.17) is 16.3 Å². The number of hydrogen-bond acceptors (Lipinski definition) is 3. The van der Waals surface area contributed by atoms with Gasteiger partial charge in [0.15, 0.2) is 0 Å². The lowest BCUT2D eigenvalue weighted by atomic mass is 10.2. The molecule has 0 aliphatic heterocycles. The highest BCUT2D eigenvalue weighted by Crippen LogP contribution is 2.29. The third-order valence-corrected chi connectivity index (χ3v) is 6.81. The Kier molecular flexibility index (Phi) is 8.32. The van der Waals surface area contributed by atoms with Crippen LogP contribution in [-0.4, -0.2) is 21.7 Å². The first-order valence-corrected chi connectivity index (χ1v) is 11.9. The van der Waals surface area contributed by atoms with Crippen LogP contribution in [0, 0.1) is 0 Å². The first-order valence-electron chi connectivity index (χ1n) is 10.1. The molecule has 0 unspecified atom stereocenters. The zero-order valence-corrected chi connectivity index (χ0v) is 18.7. The molecule has 0 atom stereocenters. The number of unbranched alkanes of at least 4 members (excludes halogenated alkanes) is 2. The van der Waals surface area contributed by atoms with Gasteiger partial charge in [-0.3, -0.25) is 8.70 Å². The van der Waals surface area contributed by atoms with Gasteiger partial charge in [0.1, 0.15) is 5.75 Å². The van der Waals surface area contributed by atoms with Gasteiger partial charge in [-0.15, -0.1) is 0 Å². The SMILES string of the molecule is O=S(=O)(c1ccc(Cl)cc1)N(Cc1ccccc1OCCCCCF)c1ccccc1. The number of hydrogen-bond donors (Lipinski definition) is 0. The molecule has 0 spiro atoms. The van der Waals surface area contributed by atoms with Crippen molar-refractivity contribution in [3.8, 4) is 5.75 Å². The van der Waals surface area contributed by atoms with Gasteiger partial charge in [0, 0.05) is 10.6 Å². The number of benzene rings is 3. The van der Waals surface area contributed by atoms with E-state index in [2.05, 4.69) is 0 Å². The smallest absolute Gasteiger partial charge is 0.264 e. The Morgan fingerprint density at radius 1 is 0.839 bits per heavy atom. The number of anilines is 1. The van der Waals surface area contributed by atoms with Gasteiger partial charge in [0.25, 0.3) is 10.0 Å². The molecule has 0 amide bonds. The van der Waals surface area contributed by atoms with Crippen LogP contribution in [-0.2, 0) is 16.6 Å². The zero-order chi connectivity index (χ0) is 22.1. The topological polar surface area (TPSA) is 46.6 Å². The third-order valence-electron chi connectivity index (χ3n) is 4.77. The fourth-order valence-corrected chi connectivity index (χ4v) is 4.70. The van der Waals surface area contributed by atoms with Crippen LogP contribution in [0.25, 0.3) is 0 Å². The lowest BCUT2D eigenvalue weighted by molar-refractivity contribution is 0.298.